The highest BCUT2D eigenvalue weighted by Gasteiger charge is 2.23. The Morgan fingerprint density at radius 2 is 1.69 bits per heavy atom. The van der Waals surface area contributed by atoms with E-state index < -0.39 is 5.97 Å². The third kappa shape index (κ3) is 4.02. The molecule has 0 unspecified atom stereocenters. The molecule has 5 heteroatoms. The van der Waals surface area contributed by atoms with Gasteiger partial charge in [-0.05, 0) is 69.2 Å². The average molecular weight is 444 g/mol. The summed E-state index contributed by atoms with van der Waals surface area (Å²) in [5.41, 5.74) is 5.66. The Kier molecular flexibility index (Phi) is 5.81. The van der Waals surface area contributed by atoms with Crippen LogP contribution in [-0.4, -0.2) is 16.7 Å². The van der Waals surface area contributed by atoms with Crippen LogP contribution < -0.4 is 4.74 Å². The average Bonchev–Trinajstić information content (AvgIpc) is 2.73. The van der Waals surface area contributed by atoms with E-state index in [0.29, 0.717) is 27.4 Å². The highest BCUT2D eigenvalue weighted by atomic mass is 35.5. The number of nitrogens with zero attached hydrogens (tertiary/aromatic N) is 1. The molecule has 0 aliphatic rings. The fourth-order valence-corrected chi connectivity index (χ4v) is 4.18. The van der Waals surface area contributed by atoms with Gasteiger partial charge in [-0.15, -0.1) is 0 Å². The van der Waals surface area contributed by atoms with Crippen LogP contribution in [-0.2, 0) is 0 Å². The number of ketones is 1. The summed E-state index contributed by atoms with van der Waals surface area (Å²) >= 11 is 6.22. The maximum absolute atomic E-state index is 13.5. The van der Waals surface area contributed by atoms with Gasteiger partial charge in [-0.2, -0.15) is 0 Å². The molecular weight excluding hydrogens is 422 g/mol. The second-order valence-electron chi connectivity index (χ2n) is 7.89. The fourth-order valence-electron chi connectivity index (χ4n) is 3.99. The summed E-state index contributed by atoms with van der Waals surface area (Å²) in [7, 11) is 0. The van der Waals surface area contributed by atoms with E-state index in [0.717, 1.165) is 27.6 Å². The number of pyridine rings is 1. The molecule has 0 bridgehead atoms. The molecule has 0 aliphatic heterocycles. The monoisotopic (exact) mass is 443 g/mol. The van der Waals surface area contributed by atoms with Gasteiger partial charge in [0.25, 0.3) is 0 Å². The third-order valence-corrected chi connectivity index (χ3v) is 5.67. The van der Waals surface area contributed by atoms with E-state index in [1.165, 1.54) is 6.92 Å². The Morgan fingerprint density at radius 1 is 0.938 bits per heavy atom. The molecule has 0 aliphatic carbocycles. The summed E-state index contributed by atoms with van der Waals surface area (Å²) in [5, 5.41) is 1.31. The normalized spacial score (nSPS) is 10.9. The summed E-state index contributed by atoms with van der Waals surface area (Å²) in [6.45, 7) is 7.25. The number of aromatic nitrogens is 1. The van der Waals surface area contributed by atoms with Crippen molar-refractivity contribution in [3.8, 4) is 17.0 Å². The van der Waals surface area contributed by atoms with Crippen LogP contribution in [0.2, 0.25) is 5.02 Å². The molecule has 1 heterocycles. The van der Waals surface area contributed by atoms with Crippen molar-refractivity contribution in [1.29, 1.82) is 0 Å². The predicted octanol–water partition coefficient (Wildman–Crippen LogP) is 6.90. The summed E-state index contributed by atoms with van der Waals surface area (Å²) in [6, 6.07) is 18.1. The molecule has 0 N–H and O–H groups in total. The second kappa shape index (κ2) is 8.56. The van der Waals surface area contributed by atoms with Crippen molar-refractivity contribution >= 4 is 34.3 Å². The first-order valence-electron chi connectivity index (χ1n) is 10.3. The Labute approximate surface area is 191 Å². The Bertz CT molecular complexity index is 1390. The molecule has 4 nitrogen and oxygen atoms in total. The molecule has 3 aromatic carbocycles. The van der Waals surface area contributed by atoms with Crippen molar-refractivity contribution in [2.45, 2.75) is 27.7 Å². The number of ether oxygens (including phenoxy) is 1. The standard InChI is InChI=1S/C27H22ClNO3/c1-15-12-16(2)25-22(13-15)24(17(3)26(29-25)19-8-7-9-20(28)14-19)27(31)32-23-11-6-5-10-21(23)18(4)30/h5-14H,1-4H3. The van der Waals surface area contributed by atoms with Crippen LogP contribution in [0.4, 0.5) is 0 Å². The van der Waals surface area contributed by atoms with Gasteiger partial charge in [-0.25, -0.2) is 9.78 Å². The van der Waals surface area contributed by atoms with Crippen LogP contribution >= 0.6 is 11.6 Å². The first-order chi connectivity index (χ1) is 15.3. The highest BCUT2D eigenvalue weighted by Crippen LogP contribution is 2.34. The number of fused-ring (bicyclic) bond motifs is 1. The van der Waals surface area contributed by atoms with Crippen LogP contribution in [0, 0.1) is 20.8 Å². The Morgan fingerprint density at radius 3 is 2.41 bits per heavy atom. The molecule has 0 amide bonds. The summed E-state index contributed by atoms with van der Waals surface area (Å²) in [6.07, 6.45) is 0. The molecule has 0 saturated carbocycles. The lowest BCUT2D eigenvalue weighted by Crippen LogP contribution is -2.14. The molecule has 0 atom stereocenters. The number of benzene rings is 3. The number of hydrogen-bond donors (Lipinski definition) is 0. The largest absolute Gasteiger partial charge is 0.422 e. The van der Waals surface area contributed by atoms with Crippen molar-refractivity contribution < 1.29 is 14.3 Å². The molecule has 4 aromatic rings. The molecule has 0 radical (unpaired) electrons. The number of rotatable bonds is 4. The smallest absolute Gasteiger partial charge is 0.344 e. The van der Waals surface area contributed by atoms with E-state index in [-0.39, 0.29) is 11.5 Å². The number of aryl methyl sites for hydroxylation is 2. The number of Topliss-reactive ketones (excluding diaryl/α,β-unsaturated/α-hetero) is 1. The lowest BCUT2D eigenvalue weighted by molar-refractivity contribution is 0.0734. The lowest BCUT2D eigenvalue weighted by atomic mass is 9.95. The van der Waals surface area contributed by atoms with Gasteiger partial charge >= 0.3 is 5.97 Å². The highest BCUT2D eigenvalue weighted by molar-refractivity contribution is 6.30. The molecule has 160 valence electrons. The number of carbonyl (C=O) groups is 2. The minimum atomic E-state index is -0.531. The van der Waals surface area contributed by atoms with Gasteiger partial charge < -0.3 is 4.74 Å². The van der Waals surface area contributed by atoms with Crippen molar-refractivity contribution in [2.24, 2.45) is 0 Å². The number of hydrogen-bond acceptors (Lipinski definition) is 4. The Hall–Kier alpha value is -3.50. The van der Waals surface area contributed by atoms with Crippen LogP contribution in [0.15, 0.2) is 60.7 Å². The number of esters is 1. The fraction of sp³-hybridized carbons (Fsp3) is 0.148. The zero-order valence-electron chi connectivity index (χ0n) is 18.3. The first kappa shape index (κ1) is 21.7. The zero-order chi connectivity index (χ0) is 23.0. The minimum Gasteiger partial charge on any atom is -0.422 e. The molecule has 0 saturated heterocycles. The maximum atomic E-state index is 13.5. The van der Waals surface area contributed by atoms with Crippen LogP contribution in [0.3, 0.4) is 0 Å². The molecule has 4 rings (SSSR count). The van der Waals surface area contributed by atoms with Gasteiger partial charge in [0.15, 0.2) is 5.78 Å². The number of para-hydroxylation sites is 1. The predicted molar refractivity (Wildman–Crippen MR) is 128 cm³/mol. The molecule has 0 spiro atoms. The molecule has 32 heavy (non-hydrogen) atoms. The molecule has 0 fully saturated rings. The van der Waals surface area contributed by atoms with Crippen molar-refractivity contribution in [2.75, 3.05) is 0 Å². The van der Waals surface area contributed by atoms with Crippen LogP contribution in [0.25, 0.3) is 22.2 Å². The molecule has 1 aromatic heterocycles. The van der Waals surface area contributed by atoms with Gasteiger partial charge in [0.1, 0.15) is 5.75 Å². The van der Waals surface area contributed by atoms with E-state index in [9.17, 15) is 9.59 Å². The van der Waals surface area contributed by atoms with Crippen LogP contribution in [0.5, 0.6) is 5.75 Å². The van der Waals surface area contributed by atoms with Gasteiger partial charge in [-0.3, -0.25) is 4.79 Å². The third-order valence-electron chi connectivity index (χ3n) is 5.44. The minimum absolute atomic E-state index is 0.170. The van der Waals surface area contributed by atoms with E-state index in [1.54, 1.807) is 30.3 Å². The van der Waals surface area contributed by atoms with Crippen molar-refractivity contribution in [3.63, 3.8) is 0 Å². The second-order valence-corrected chi connectivity index (χ2v) is 8.33. The lowest BCUT2D eigenvalue weighted by Gasteiger charge is -2.16. The zero-order valence-corrected chi connectivity index (χ0v) is 19.1. The quantitative estimate of drug-likeness (QED) is 0.195. The maximum Gasteiger partial charge on any atom is 0.344 e. The van der Waals surface area contributed by atoms with Crippen LogP contribution in [0.1, 0.15) is 44.3 Å². The Balaban J connectivity index is 1.96. The van der Waals surface area contributed by atoms with E-state index >= 15 is 0 Å². The summed E-state index contributed by atoms with van der Waals surface area (Å²) < 4.78 is 5.76. The van der Waals surface area contributed by atoms with Gasteiger partial charge in [0.2, 0.25) is 0 Å². The summed E-state index contributed by atoms with van der Waals surface area (Å²) in [5.74, 6) is -0.462. The first-order valence-corrected chi connectivity index (χ1v) is 10.6. The number of halogens is 1. The van der Waals surface area contributed by atoms with Gasteiger partial charge in [0, 0.05) is 16.0 Å². The van der Waals surface area contributed by atoms with E-state index in [2.05, 4.69) is 0 Å². The van der Waals surface area contributed by atoms with E-state index in [1.807, 2.05) is 51.1 Å². The van der Waals surface area contributed by atoms with E-state index in [4.69, 9.17) is 21.3 Å². The number of carbonyl (C=O) groups excluding carboxylic acids is 2. The van der Waals surface area contributed by atoms with Gasteiger partial charge in [-0.1, -0.05) is 47.5 Å². The molecular formula is C27H22ClNO3. The van der Waals surface area contributed by atoms with Crippen molar-refractivity contribution in [3.05, 3.63) is 93.5 Å². The van der Waals surface area contributed by atoms with Crippen molar-refractivity contribution in [1.82, 2.24) is 4.98 Å². The van der Waals surface area contributed by atoms with Gasteiger partial charge in [0.05, 0.1) is 22.3 Å². The summed E-state index contributed by atoms with van der Waals surface area (Å²) in [4.78, 5) is 30.4. The topological polar surface area (TPSA) is 56.3 Å². The SMILES string of the molecule is CC(=O)c1ccccc1OC(=O)c1c(C)c(-c2cccc(Cl)c2)nc2c(C)cc(C)cc12.